The summed E-state index contributed by atoms with van der Waals surface area (Å²) in [6.07, 6.45) is 8.34. The second kappa shape index (κ2) is 8.94. The van der Waals surface area contributed by atoms with E-state index in [1.807, 2.05) is 23.9 Å². The minimum absolute atomic E-state index is 0.157. The molecule has 1 aliphatic heterocycles. The van der Waals surface area contributed by atoms with Gasteiger partial charge in [0.2, 0.25) is 0 Å². The van der Waals surface area contributed by atoms with Gasteiger partial charge >= 0.3 is 0 Å². The standard InChI is InChI=1S/C23H27FN2S/c24-22-6-8-23(9-7-22)27-15-3-12-25-13-10-19(11-14-25)16-26-17-20-4-1-2-5-21(20)18-26/h1-2,4-9,17-19H,3,10-16H2. The number of thioether (sulfide) groups is 1. The molecule has 0 radical (unpaired) electrons. The first kappa shape index (κ1) is 18.6. The van der Waals surface area contributed by atoms with Crippen molar-refractivity contribution in [2.24, 2.45) is 5.92 Å². The third kappa shape index (κ3) is 5.14. The molecule has 4 rings (SSSR count). The third-order valence-electron chi connectivity index (χ3n) is 5.48. The second-order valence-corrected chi connectivity index (χ2v) is 8.69. The van der Waals surface area contributed by atoms with Gasteiger partial charge in [-0.15, -0.1) is 11.8 Å². The van der Waals surface area contributed by atoms with Crippen molar-refractivity contribution in [3.63, 3.8) is 0 Å². The first-order chi connectivity index (χ1) is 13.3. The number of nitrogens with zero attached hydrogens (tertiary/aromatic N) is 2. The highest BCUT2D eigenvalue weighted by Crippen LogP contribution is 2.23. The van der Waals surface area contributed by atoms with Crippen LogP contribution in [0.1, 0.15) is 19.3 Å². The molecular weight excluding hydrogens is 355 g/mol. The number of likely N-dealkylation sites (tertiary alicyclic amines) is 1. The Morgan fingerprint density at radius 1 is 0.926 bits per heavy atom. The Balaban J connectivity index is 1.16. The molecule has 3 aromatic rings. The lowest BCUT2D eigenvalue weighted by Crippen LogP contribution is -2.35. The van der Waals surface area contributed by atoms with Crippen LogP contribution >= 0.6 is 11.8 Å². The van der Waals surface area contributed by atoms with Crippen LogP contribution in [0.4, 0.5) is 4.39 Å². The van der Waals surface area contributed by atoms with Gasteiger partial charge in [0.05, 0.1) is 0 Å². The highest BCUT2D eigenvalue weighted by Gasteiger charge is 2.19. The minimum atomic E-state index is -0.157. The van der Waals surface area contributed by atoms with E-state index in [4.69, 9.17) is 0 Å². The Morgan fingerprint density at radius 2 is 1.59 bits per heavy atom. The summed E-state index contributed by atoms with van der Waals surface area (Å²) in [5.74, 6) is 1.73. The van der Waals surface area contributed by atoms with Gasteiger partial charge < -0.3 is 9.47 Å². The summed E-state index contributed by atoms with van der Waals surface area (Å²) in [5, 5.41) is 2.68. The number of halogens is 1. The first-order valence-corrected chi connectivity index (χ1v) is 10.9. The van der Waals surface area contributed by atoms with E-state index in [1.54, 1.807) is 12.1 Å². The highest BCUT2D eigenvalue weighted by atomic mass is 32.2. The van der Waals surface area contributed by atoms with E-state index in [-0.39, 0.29) is 5.82 Å². The van der Waals surface area contributed by atoms with Crippen molar-refractivity contribution in [2.75, 3.05) is 25.4 Å². The topological polar surface area (TPSA) is 8.17 Å². The van der Waals surface area contributed by atoms with Gasteiger partial charge in [-0.05, 0) is 85.6 Å². The molecule has 4 heteroatoms. The van der Waals surface area contributed by atoms with Crippen LogP contribution in [0.25, 0.3) is 10.8 Å². The SMILES string of the molecule is Fc1ccc(SCCCN2CCC(Cn3cc4ccccc4c3)CC2)cc1. The molecular formula is C23H27FN2S. The molecule has 0 bridgehead atoms. The van der Waals surface area contributed by atoms with Gasteiger partial charge in [-0.3, -0.25) is 0 Å². The van der Waals surface area contributed by atoms with Gasteiger partial charge in [0, 0.05) is 23.8 Å². The molecule has 2 nitrogen and oxygen atoms in total. The van der Waals surface area contributed by atoms with Crippen LogP contribution in [0.15, 0.2) is 65.8 Å². The average molecular weight is 383 g/mol. The van der Waals surface area contributed by atoms with Crippen molar-refractivity contribution < 1.29 is 4.39 Å². The molecule has 142 valence electrons. The fraction of sp³-hybridized carbons (Fsp3) is 0.391. The van der Waals surface area contributed by atoms with Crippen LogP contribution in [0.3, 0.4) is 0 Å². The van der Waals surface area contributed by atoms with Gasteiger partial charge in [0.25, 0.3) is 0 Å². The smallest absolute Gasteiger partial charge is 0.123 e. The maximum atomic E-state index is 12.9. The molecule has 0 unspecified atom stereocenters. The van der Waals surface area contributed by atoms with Crippen molar-refractivity contribution in [1.29, 1.82) is 0 Å². The quantitative estimate of drug-likeness (QED) is 0.384. The van der Waals surface area contributed by atoms with Crippen molar-refractivity contribution in [2.45, 2.75) is 30.7 Å². The molecule has 0 aliphatic carbocycles. The van der Waals surface area contributed by atoms with Crippen molar-refractivity contribution in [3.05, 3.63) is 66.7 Å². The summed E-state index contributed by atoms with van der Waals surface area (Å²) in [6.45, 7) is 4.75. The number of hydrogen-bond donors (Lipinski definition) is 0. The molecule has 1 aliphatic rings. The molecule has 0 saturated carbocycles. The van der Waals surface area contributed by atoms with Crippen LogP contribution in [0.5, 0.6) is 0 Å². The number of fused-ring (bicyclic) bond motifs is 1. The van der Waals surface area contributed by atoms with E-state index < -0.39 is 0 Å². The molecule has 0 amide bonds. The van der Waals surface area contributed by atoms with Crippen molar-refractivity contribution in [3.8, 4) is 0 Å². The normalized spacial score (nSPS) is 16.2. The fourth-order valence-electron chi connectivity index (χ4n) is 3.95. The fourth-order valence-corrected chi connectivity index (χ4v) is 4.78. The molecule has 1 aromatic heterocycles. The van der Waals surface area contributed by atoms with Gasteiger partial charge in [-0.2, -0.15) is 0 Å². The lowest BCUT2D eigenvalue weighted by atomic mass is 9.96. The summed E-state index contributed by atoms with van der Waals surface area (Å²) >= 11 is 1.83. The Hall–Kier alpha value is -1.78. The zero-order chi connectivity index (χ0) is 18.5. The predicted molar refractivity (Wildman–Crippen MR) is 113 cm³/mol. The van der Waals surface area contributed by atoms with Crippen LogP contribution in [-0.4, -0.2) is 34.9 Å². The summed E-state index contributed by atoms with van der Waals surface area (Å²) < 4.78 is 15.3. The first-order valence-electron chi connectivity index (χ1n) is 9.91. The third-order valence-corrected chi connectivity index (χ3v) is 6.58. The summed E-state index contributed by atoms with van der Waals surface area (Å²) in [6, 6.07) is 15.4. The largest absolute Gasteiger partial charge is 0.353 e. The molecule has 1 fully saturated rings. The van der Waals surface area contributed by atoms with Gasteiger partial charge in [-0.25, -0.2) is 4.39 Å². The summed E-state index contributed by atoms with van der Waals surface area (Å²) in [7, 11) is 0. The Kier molecular flexibility index (Phi) is 6.15. The van der Waals surface area contributed by atoms with E-state index in [1.165, 1.54) is 49.7 Å². The van der Waals surface area contributed by atoms with Crippen molar-refractivity contribution >= 4 is 22.5 Å². The average Bonchev–Trinajstić information content (AvgIpc) is 3.10. The highest BCUT2D eigenvalue weighted by molar-refractivity contribution is 7.99. The zero-order valence-corrected chi connectivity index (χ0v) is 16.5. The molecule has 1 saturated heterocycles. The summed E-state index contributed by atoms with van der Waals surface area (Å²) in [4.78, 5) is 3.77. The molecule has 27 heavy (non-hydrogen) atoms. The Morgan fingerprint density at radius 3 is 2.26 bits per heavy atom. The second-order valence-electron chi connectivity index (χ2n) is 7.52. The molecule has 2 heterocycles. The predicted octanol–water partition coefficient (Wildman–Crippen LogP) is 5.67. The van der Waals surface area contributed by atoms with Gasteiger partial charge in [0.15, 0.2) is 0 Å². The zero-order valence-electron chi connectivity index (χ0n) is 15.7. The molecule has 0 atom stereocenters. The lowest BCUT2D eigenvalue weighted by molar-refractivity contribution is 0.174. The number of benzene rings is 2. The maximum Gasteiger partial charge on any atom is 0.123 e. The van der Waals surface area contributed by atoms with Crippen LogP contribution in [-0.2, 0) is 6.54 Å². The van der Waals surface area contributed by atoms with Gasteiger partial charge in [-0.1, -0.05) is 24.3 Å². The Labute approximate surface area is 165 Å². The van der Waals surface area contributed by atoms with Crippen LogP contribution in [0, 0.1) is 11.7 Å². The van der Waals surface area contributed by atoms with E-state index in [0.29, 0.717) is 0 Å². The van der Waals surface area contributed by atoms with Crippen LogP contribution < -0.4 is 0 Å². The van der Waals surface area contributed by atoms with Gasteiger partial charge in [0.1, 0.15) is 5.82 Å². The van der Waals surface area contributed by atoms with E-state index in [2.05, 4.69) is 46.1 Å². The minimum Gasteiger partial charge on any atom is -0.353 e. The number of piperidine rings is 1. The van der Waals surface area contributed by atoms with E-state index in [0.717, 1.165) is 23.1 Å². The number of aromatic nitrogens is 1. The maximum absolute atomic E-state index is 12.9. The molecule has 0 N–H and O–H groups in total. The molecule has 2 aromatic carbocycles. The van der Waals surface area contributed by atoms with E-state index >= 15 is 0 Å². The number of hydrogen-bond acceptors (Lipinski definition) is 2. The lowest BCUT2D eigenvalue weighted by Gasteiger charge is -2.32. The Bertz CT molecular complexity index is 817. The van der Waals surface area contributed by atoms with E-state index in [9.17, 15) is 4.39 Å². The van der Waals surface area contributed by atoms with Crippen molar-refractivity contribution in [1.82, 2.24) is 9.47 Å². The summed E-state index contributed by atoms with van der Waals surface area (Å²) in [5.41, 5.74) is 0. The monoisotopic (exact) mass is 382 g/mol. The van der Waals surface area contributed by atoms with Crippen LogP contribution in [0.2, 0.25) is 0 Å². The number of rotatable bonds is 7. The molecule has 0 spiro atoms.